The van der Waals surface area contributed by atoms with Gasteiger partial charge in [-0.15, -0.1) is 5.10 Å². The van der Waals surface area contributed by atoms with E-state index in [1.54, 1.807) is 53.0 Å². The molecular weight excluding hydrogens is 1100 g/mol. The molecule has 0 radical (unpaired) electrons. The van der Waals surface area contributed by atoms with Crippen LogP contribution in [-0.4, -0.2) is 167 Å². The van der Waals surface area contributed by atoms with Crippen LogP contribution >= 0.6 is 0 Å². The van der Waals surface area contributed by atoms with E-state index in [1.807, 2.05) is 63.1 Å². The van der Waals surface area contributed by atoms with Crippen molar-refractivity contribution >= 4 is 41.5 Å². The molecule has 3 aromatic carbocycles. The molecular formula is C65H86N8O13. The molecule has 4 aromatic rings. The molecule has 21 heteroatoms. The van der Waals surface area contributed by atoms with E-state index in [1.165, 1.54) is 64.2 Å². The lowest BCUT2D eigenvalue weighted by Gasteiger charge is -2.19. The first-order valence-electron chi connectivity index (χ1n) is 30.7. The van der Waals surface area contributed by atoms with Crippen molar-refractivity contribution in [3.8, 4) is 34.3 Å². The maximum atomic E-state index is 13.7. The second-order valence-corrected chi connectivity index (χ2v) is 22.5. The summed E-state index contributed by atoms with van der Waals surface area (Å²) >= 11 is 0. The number of amides is 3. The van der Waals surface area contributed by atoms with Crippen LogP contribution in [0, 0.1) is 5.92 Å². The van der Waals surface area contributed by atoms with Crippen molar-refractivity contribution in [3.05, 3.63) is 94.5 Å². The first kappa shape index (κ1) is 63.5. The number of aromatic nitrogens is 3. The standard InChI is InChI=1S/C65H86N8O13/c1-46-29-52-39-67-56-37-61(59(77-3)35-54(56)64(75)72(52)41-46)85-44-49-31-50(45-86-62-38-57-55(36-60(62)78-4)65(76)73-42-47(2)30-53(73)40-68-57)33-51(32-49)58-43-71(70-69-58)16-18-80-20-22-82-24-26-84-28-27-83-25-23-81-21-19-79-17-15-66-63(74)34-48-13-11-9-7-5-6-8-10-12-14-48/h31-33,35-43,48,52-53H,5-30,34,44-45H2,1-4H3,(H,66,74)/t52-,53-/m0/s1. The second kappa shape index (κ2) is 33.2. The van der Waals surface area contributed by atoms with E-state index in [0.717, 1.165) is 40.7 Å². The number of nitrogens with zero attached hydrogens (tertiary/aromatic N) is 7. The zero-order valence-corrected chi connectivity index (χ0v) is 50.6. The minimum atomic E-state index is -0.147. The molecule has 1 saturated carbocycles. The van der Waals surface area contributed by atoms with Crippen molar-refractivity contribution in [1.82, 2.24) is 30.1 Å². The lowest BCUT2D eigenvalue weighted by atomic mass is 9.92. The lowest BCUT2D eigenvalue weighted by Crippen LogP contribution is -2.32. The number of nitrogens with one attached hydrogen (secondary N) is 1. The summed E-state index contributed by atoms with van der Waals surface area (Å²) in [6.07, 6.45) is 24.1. The van der Waals surface area contributed by atoms with Gasteiger partial charge in [0.2, 0.25) is 5.91 Å². The Morgan fingerprint density at radius 3 is 1.49 bits per heavy atom. The summed E-state index contributed by atoms with van der Waals surface area (Å²) in [6.45, 7) is 10.6. The number of carbonyl (C=O) groups excluding carboxylic acids is 3. The van der Waals surface area contributed by atoms with E-state index in [9.17, 15) is 14.4 Å². The molecule has 4 aliphatic heterocycles. The molecule has 3 amide bonds. The molecule has 1 aromatic heterocycles. The number of methoxy groups -OCH3 is 2. The van der Waals surface area contributed by atoms with Crippen molar-refractivity contribution in [3.63, 3.8) is 0 Å². The van der Waals surface area contributed by atoms with E-state index in [0.29, 0.717) is 156 Å². The number of carbonyl (C=O) groups is 3. The molecule has 5 aliphatic rings. The van der Waals surface area contributed by atoms with Gasteiger partial charge in [0.25, 0.3) is 11.8 Å². The Morgan fingerprint density at radius 1 is 0.558 bits per heavy atom. The van der Waals surface area contributed by atoms with Crippen LogP contribution in [0.5, 0.6) is 23.0 Å². The third kappa shape index (κ3) is 18.5. The maximum Gasteiger partial charge on any atom is 0.260 e. The van der Waals surface area contributed by atoms with Gasteiger partial charge in [-0.05, 0) is 86.9 Å². The average molecular weight is 1190 g/mol. The normalized spacial score (nSPS) is 17.9. The van der Waals surface area contributed by atoms with Gasteiger partial charge in [-0.25, -0.2) is 4.68 Å². The zero-order valence-electron chi connectivity index (χ0n) is 50.6. The molecule has 1 aliphatic carbocycles. The predicted molar refractivity (Wildman–Crippen MR) is 325 cm³/mol. The Balaban J connectivity index is 0.683. The fraction of sp³-hybridized carbons (Fsp3) is 0.554. The van der Waals surface area contributed by atoms with E-state index in [2.05, 4.69) is 15.6 Å². The largest absolute Gasteiger partial charge is 0.493 e. The third-order valence-corrected chi connectivity index (χ3v) is 15.8. The van der Waals surface area contributed by atoms with E-state index < -0.39 is 0 Å². The summed E-state index contributed by atoms with van der Waals surface area (Å²) in [4.78, 5) is 52.7. The summed E-state index contributed by atoms with van der Waals surface area (Å²) in [7, 11) is 3.09. The molecule has 0 unspecified atom stereocenters. The van der Waals surface area contributed by atoms with Gasteiger partial charge in [0.15, 0.2) is 23.0 Å². The lowest BCUT2D eigenvalue weighted by molar-refractivity contribution is -0.122. The molecule has 1 N–H and O–H groups in total. The predicted octanol–water partition coefficient (Wildman–Crippen LogP) is 9.93. The number of hydrogen-bond donors (Lipinski definition) is 1. The molecule has 5 heterocycles. The highest BCUT2D eigenvalue weighted by Crippen LogP contribution is 2.41. The van der Waals surface area contributed by atoms with Gasteiger partial charge < -0.3 is 62.5 Å². The van der Waals surface area contributed by atoms with Gasteiger partial charge in [0, 0.05) is 55.5 Å². The van der Waals surface area contributed by atoms with E-state index in [-0.39, 0.29) is 43.0 Å². The molecule has 2 atom stereocenters. The zero-order chi connectivity index (χ0) is 59.9. The minimum Gasteiger partial charge on any atom is -0.493 e. The Hall–Kier alpha value is -7.01. The van der Waals surface area contributed by atoms with E-state index >= 15 is 0 Å². The van der Waals surface area contributed by atoms with Crippen LogP contribution in [0.15, 0.2) is 82.2 Å². The smallest absolute Gasteiger partial charge is 0.260 e. The summed E-state index contributed by atoms with van der Waals surface area (Å²) in [5.41, 5.74) is 7.09. The minimum absolute atomic E-state index is 0.124. The van der Waals surface area contributed by atoms with Crippen LogP contribution in [0.4, 0.5) is 11.4 Å². The first-order chi connectivity index (χ1) is 42.1. The van der Waals surface area contributed by atoms with Crippen LogP contribution in [0.3, 0.4) is 0 Å². The van der Waals surface area contributed by atoms with Crippen molar-refractivity contribution in [2.45, 2.75) is 129 Å². The Morgan fingerprint density at radius 2 is 1.01 bits per heavy atom. The van der Waals surface area contributed by atoms with Gasteiger partial charge in [-0.2, -0.15) is 0 Å². The number of fused-ring (bicyclic) bond motifs is 4. The monoisotopic (exact) mass is 1190 g/mol. The molecule has 0 saturated heterocycles. The van der Waals surface area contributed by atoms with Gasteiger partial charge in [0.1, 0.15) is 18.9 Å². The van der Waals surface area contributed by atoms with Crippen molar-refractivity contribution in [2.75, 3.05) is 100 Å². The van der Waals surface area contributed by atoms with Gasteiger partial charge in [0.05, 0.1) is 141 Å². The molecule has 0 spiro atoms. The third-order valence-electron chi connectivity index (χ3n) is 15.8. The molecule has 21 nitrogen and oxygen atoms in total. The fourth-order valence-corrected chi connectivity index (χ4v) is 11.3. The second-order valence-electron chi connectivity index (χ2n) is 22.5. The van der Waals surface area contributed by atoms with Gasteiger partial charge >= 0.3 is 0 Å². The number of rotatable bonds is 32. The number of ether oxygens (including phenoxy) is 10. The SMILES string of the molecule is COc1cc2c(cc1OCc1cc(COc3cc4c(cc3OC)C(=O)N3C=C(C)C[C@H]3C=N4)cc(-c3cn(CCOCCOCCOCCOCCOCCOCCNC(=O)CC4CCCCCCCCCC4)nn3)c1)N=C[C@@H]1CC(C)=CN1C2=O. The maximum absolute atomic E-state index is 13.7. The summed E-state index contributed by atoms with van der Waals surface area (Å²) in [5.74, 6) is 2.01. The Bertz CT molecular complexity index is 2870. The van der Waals surface area contributed by atoms with Crippen LogP contribution in [-0.2, 0) is 53.0 Å². The molecule has 86 heavy (non-hydrogen) atoms. The quantitative estimate of drug-likeness (QED) is 0.0450. The summed E-state index contributed by atoms with van der Waals surface area (Å²) < 4.78 is 60.3. The Labute approximate surface area is 505 Å². The summed E-state index contributed by atoms with van der Waals surface area (Å²) in [6, 6.07) is 12.5. The van der Waals surface area contributed by atoms with Crippen molar-refractivity contribution in [2.24, 2.45) is 15.9 Å². The molecule has 0 bridgehead atoms. The highest BCUT2D eigenvalue weighted by atomic mass is 16.6. The number of hydrogen-bond acceptors (Lipinski definition) is 17. The highest BCUT2D eigenvalue weighted by Gasteiger charge is 2.34. The topological polar surface area (TPSA) is 217 Å². The highest BCUT2D eigenvalue weighted by molar-refractivity contribution is 6.05. The van der Waals surface area contributed by atoms with Crippen LogP contribution < -0.4 is 24.3 Å². The molecule has 9 rings (SSSR count). The van der Waals surface area contributed by atoms with Gasteiger partial charge in [-0.1, -0.05) is 67.7 Å². The average Bonchev–Trinajstić information content (AvgIpc) is 2.09. The number of aliphatic imine (C=N–C) groups is 2. The first-order valence-corrected chi connectivity index (χ1v) is 30.7. The van der Waals surface area contributed by atoms with Crippen LogP contribution in [0.25, 0.3) is 11.3 Å². The van der Waals surface area contributed by atoms with Crippen LogP contribution in [0.2, 0.25) is 0 Å². The van der Waals surface area contributed by atoms with Crippen molar-refractivity contribution < 1.29 is 61.8 Å². The van der Waals surface area contributed by atoms with Gasteiger partial charge in [-0.3, -0.25) is 24.4 Å². The molecule has 464 valence electrons. The van der Waals surface area contributed by atoms with Crippen LogP contribution in [0.1, 0.15) is 129 Å². The fourth-order valence-electron chi connectivity index (χ4n) is 11.3. The van der Waals surface area contributed by atoms with E-state index in [4.69, 9.17) is 57.4 Å². The Kier molecular flexibility index (Phi) is 24.5. The van der Waals surface area contributed by atoms with Crippen molar-refractivity contribution in [1.29, 1.82) is 0 Å². The summed E-state index contributed by atoms with van der Waals surface area (Å²) in [5, 5.41) is 12.0. The molecule has 1 fully saturated rings. The number of benzene rings is 3.